The summed E-state index contributed by atoms with van der Waals surface area (Å²) in [6.45, 7) is 0.634. The van der Waals surface area contributed by atoms with E-state index in [0.29, 0.717) is 17.8 Å². The van der Waals surface area contributed by atoms with Gasteiger partial charge in [-0.3, -0.25) is 4.79 Å². The summed E-state index contributed by atoms with van der Waals surface area (Å²) in [5.74, 6) is 0.312. The molecule has 138 valence electrons. The highest BCUT2D eigenvalue weighted by Crippen LogP contribution is 2.20. The van der Waals surface area contributed by atoms with E-state index in [0.717, 1.165) is 17.0 Å². The maximum Gasteiger partial charge on any atom is 0.228 e. The van der Waals surface area contributed by atoms with Crippen LogP contribution in [0.2, 0.25) is 0 Å². The van der Waals surface area contributed by atoms with E-state index in [4.69, 9.17) is 4.74 Å². The third-order valence-corrected chi connectivity index (χ3v) is 4.10. The molecule has 2 N–H and O–H groups in total. The van der Waals surface area contributed by atoms with Crippen molar-refractivity contribution < 1.29 is 13.9 Å². The molecule has 0 saturated heterocycles. The zero-order valence-electron chi connectivity index (χ0n) is 15.0. The number of carbonyl (C=O) groups excluding carboxylic acids is 1. The smallest absolute Gasteiger partial charge is 0.228 e. The van der Waals surface area contributed by atoms with E-state index in [-0.39, 0.29) is 18.1 Å². The maximum absolute atomic E-state index is 13.2. The molecule has 3 aromatic rings. The first kappa shape index (κ1) is 18.5. The molecule has 0 heterocycles. The van der Waals surface area contributed by atoms with Crippen LogP contribution in [-0.2, 0) is 17.8 Å². The van der Waals surface area contributed by atoms with Crippen LogP contribution < -0.4 is 15.4 Å². The highest BCUT2D eigenvalue weighted by atomic mass is 19.1. The molecule has 0 radical (unpaired) electrons. The fraction of sp³-hybridized carbons (Fsp3) is 0.136. The summed E-state index contributed by atoms with van der Waals surface area (Å²) in [5.41, 5.74) is 3.33. The number of hydrogen-bond acceptors (Lipinski definition) is 3. The lowest BCUT2D eigenvalue weighted by Gasteiger charge is -2.11. The number of halogens is 1. The molecule has 0 bridgehead atoms. The highest BCUT2D eigenvalue weighted by Gasteiger charge is 2.06. The Kier molecular flexibility index (Phi) is 6.05. The normalized spacial score (nSPS) is 10.3. The molecule has 3 rings (SSSR count). The maximum atomic E-state index is 13.2. The van der Waals surface area contributed by atoms with Gasteiger partial charge in [0.25, 0.3) is 0 Å². The summed E-state index contributed by atoms with van der Waals surface area (Å²) in [7, 11) is 1.65. The molecule has 0 aromatic heterocycles. The largest absolute Gasteiger partial charge is 0.496 e. The average molecular weight is 364 g/mol. The van der Waals surface area contributed by atoms with Crippen molar-refractivity contribution in [2.75, 3.05) is 17.7 Å². The molecule has 0 unspecified atom stereocenters. The van der Waals surface area contributed by atoms with Gasteiger partial charge in [-0.25, -0.2) is 4.39 Å². The summed E-state index contributed by atoms with van der Waals surface area (Å²) in [6, 6.07) is 21.3. The van der Waals surface area contributed by atoms with Crippen LogP contribution in [0.25, 0.3) is 0 Å². The summed E-state index contributed by atoms with van der Waals surface area (Å²) in [5, 5.41) is 6.15. The van der Waals surface area contributed by atoms with Gasteiger partial charge < -0.3 is 15.4 Å². The summed E-state index contributed by atoms with van der Waals surface area (Å²) in [6.07, 6.45) is 0.131. The van der Waals surface area contributed by atoms with E-state index < -0.39 is 0 Å². The van der Waals surface area contributed by atoms with Crippen LogP contribution in [0.4, 0.5) is 15.8 Å². The molecule has 0 aliphatic carbocycles. The van der Waals surface area contributed by atoms with Crippen LogP contribution in [0, 0.1) is 5.82 Å². The van der Waals surface area contributed by atoms with Crippen LogP contribution in [0.15, 0.2) is 72.8 Å². The number of ether oxygens (including phenoxy) is 1. The SMILES string of the molecule is COc1ccccc1CNc1ccc(NC(=O)Cc2cccc(F)c2)cc1. The molecular formula is C22H21FN2O2. The first-order valence-corrected chi connectivity index (χ1v) is 8.64. The lowest BCUT2D eigenvalue weighted by atomic mass is 10.1. The van der Waals surface area contributed by atoms with Crippen molar-refractivity contribution in [3.8, 4) is 5.75 Å². The third kappa shape index (κ3) is 5.31. The second-order valence-electron chi connectivity index (χ2n) is 6.10. The number of carbonyl (C=O) groups is 1. The molecule has 0 atom stereocenters. The van der Waals surface area contributed by atoms with Crippen molar-refractivity contribution in [2.24, 2.45) is 0 Å². The second-order valence-corrected chi connectivity index (χ2v) is 6.10. The Morgan fingerprint density at radius 3 is 2.44 bits per heavy atom. The van der Waals surface area contributed by atoms with Gasteiger partial charge in [0.1, 0.15) is 11.6 Å². The minimum absolute atomic E-state index is 0.131. The number of para-hydroxylation sites is 1. The Morgan fingerprint density at radius 1 is 0.963 bits per heavy atom. The van der Waals surface area contributed by atoms with Crippen molar-refractivity contribution in [3.05, 3.63) is 89.7 Å². The Balaban J connectivity index is 1.54. The fourth-order valence-electron chi connectivity index (χ4n) is 2.76. The van der Waals surface area contributed by atoms with E-state index in [1.165, 1.54) is 12.1 Å². The van der Waals surface area contributed by atoms with Gasteiger partial charge in [-0.15, -0.1) is 0 Å². The number of amides is 1. The predicted molar refractivity (Wildman–Crippen MR) is 105 cm³/mol. The Hall–Kier alpha value is -3.34. The molecule has 0 aliphatic rings. The minimum Gasteiger partial charge on any atom is -0.496 e. The molecule has 27 heavy (non-hydrogen) atoms. The van der Waals surface area contributed by atoms with E-state index in [9.17, 15) is 9.18 Å². The molecule has 4 nitrogen and oxygen atoms in total. The quantitative estimate of drug-likeness (QED) is 0.643. The number of hydrogen-bond donors (Lipinski definition) is 2. The first-order chi connectivity index (χ1) is 13.1. The van der Waals surface area contributed by atoms with Gasteiger partial charge >= 0.3 is 0 Å². The summed E-state index contributed by atoms with van der Waals surface area (Å²) >= 11 is 0. The van der Waals surface area contributed by atoms with Crippen molar-refractivity contribution in [2.45, 2.75) is 13.0 Å². The second kappa shape index (κ2) is 8.85. The average Bonchev–Trinajstić information content (AvgIpc) is 2.67. The molecule has 1 amide bonds. The first-order valence-electron chi connectivity index (χ1n) is 8.64. The number of anilines is 2. The zero-order chi connectivity index (χ0) is 19.1. The minimum atomic E-state index is -0.342. The lowest BCUT2D eigenvalue weighted by Crippen LogP contribution is -2.14. The van der Waals surface area contributed by atoms with Gasteiger partial charge in [0.05, 0.1) is 13.5 Å². The van der Waals surface area contributed by atoms with Gasteiger partial charge in [-0.1, -0.05) is 30.3 Å². The standard InChI is InChI=1S/C22H21FN2O2/c1-27-21-8-3-2-6-17(21)15-24-19-9-11-20(12-10-19)25-22(26)14-16-5-4-7-18(23)13-16/h2-13,24H,14-15H2,1H3,(H,25,26). The van der Waals surface area contributed by atoms with Gasteiger partial charge in [0.2, 0.25) is 5.91 Å². The monoisotopic (exact) mass is 364 g/mol. The predicted octanol–water partition coefficient (Wildman–Crippen LogP) is 4.63. The van der Waals surface area contributed by atoms with Gasteiger partial charge in [-0.2, -0.15) is 0 Å². The van der Waals surface area contributed by atoms with Crippen molar-refractivity contribution >= 4 is 17.3 Å². The van der Waals surface area contributed by atoms with E-state index >= 15 is 0 Å². The number of rotatable bonds is 7. The van der Waals surface area contributed by atoms with Gasteiger partial charge in [0, 0.05) is 23.5 Å². The van der Waals surface area contributed by atoms with Crippen LogP contribution in [0.5, 0.6) is 5.75 Å². The summed E-state index contributed by atoms with van der Waals surface area (Å²) in [4.78, 5) is 12.1. The van der Waals surface area contributed by atoms with Crippen LogP contribution in [-0.4, -0.2) is 13.0 Å². The van der Waals surface area contributed by atoms with Crippen molar-refractivity contribution in [3.63, 3.8) is 0 Å². The van der Waals surface area contributed by atoms with Crippen molar-refractivity contribution in [1.29, 1.82) is 0 Å². The van der Waals surface area contributed by atoms with Crippen molar-refractivity contribution in [1.82, 2.24) is 0 Å². The van der Waals surface area contributed by atoms with Crippen LogP contribution >= 0.6 is 0 Å². The fourth-order valence-corrected chi connectivity index (χ4v) is 2.76. The van der Waals surface area contributed by atoms with Crippen LogP contribution in [0.3, 0.4) is 0 Å². The number of benzene rings is 3. The molecule has 0 spiro atoms. The third-order valence-electron chi connectivity index (χ3n) is 4.10. The summed E-state index contributed by atoms with van der Waals surface area (Å²) < 4.78 is 18.5. The number of methoxy groups -OCH3 is 1. The molecule has 5 heteroatoms. The molecule has 3 aromatic carbocycles. The highest BCUT2D eigenvalue weighted by molar-refractivity contribution is 5.92. The topological polar surface area (TPSA) is 50.4 Å². The van der Waals surface area contributed by atoms with Gasteiger partial charge in [0.15, 0.2) is 0 Å². The lowest BCUT2D eigenvalue weighted by molar-refractivity contribution is -0.115. The van der Waals surface area contributed by atoms with Crippen LogP contribution in [0.1, 0.15) is 11.1 Å². The Morgan fingerprint density at radius 2 is 1.70 bits per heavy atom. The van der Waals surface area contributed by atoms with Gasteiger partial charge in [-0.05, 0) is 48.0 Å². The van der Waals surface area contributed by atoms with E-state index in [1.54, 1.807) is 19.2 Å². The van der Waals surface area contributed by atoms with E-state index in [1.807, 2.05) is 48.5 Å². The molecule has 0 fully saturated rings. The zero-order valence-corrected chi connectivity index (χ0v) is 15.0. The molecule has 0 saturated carbocycles. The Bertz CT molecular complexity index is 910. The molecular weight excluding hydrogens is 343 g/mol. The molecule has 0 aliphatic heterocycles. The Labute approximate surface area is 158 Å². The van der Waals surface area contributed by atoms with E-state index in [2.05, 4.69) is 10.6 Å². The number of nitrogens with one attached hydrogen (secondary N) is 2.